The van der Waals surface area contributed by atoms with Crippen molar-refractivity contribution in [2.45, 2.75) is 38.3 Å². The maximum Gasteiger partial charge on any atom is 0.148 e. The first-order valence-corrected chi connectivity index (χ1v) is 5.67. The standard InChI is InChI=1S/C11H19N3O/c1-15-9-3-7-14-8-6-11(13-14)12-10-4-2-5-10/h6,8,10H,2-5,7,9H2,1H3,(H,12,13). The molecule has 4 nitrogen and oxygen atoms in total. The molecule has 2 rings (SSSR count). The summed E-state index contributed by atoms with van der Waals surface area (Å²) in [5.74, 6) is 1.01. The largest absolute Gasteiger partial charge is 0.385 e. The number of hydrogen-bond acceptors (Lipinski definition) is 3. The zero-order chi connectivity index (χ0) is 10.5. The molecule has 1 saturated carbocycles. The minimum atomic E-state index is 0.660. The monoisotopic (exact) mass is 209 g/mol. The van der Waals surface area contributed by atoms with Gasteiger partial charge in [-0.25, -0.2) is 0 Å². The minimum Gasteiger partial charge on any atom is -0.385 e. The fourth-order valence-electron chi connectivity index (χ4n) is 1.70. The van der Waals surface area contributed by atoms with Crippen LogP contribution in [0.25, 0.3) is 0 Å². The molecule has 1 fully saturated rings. The van der Waals surface area contributed by atoms with Crippen molar-refractivity contribution in [3.8, 4) is 0 Å². The van der Waals surface area contributed by atoms with Gasteiger partial charge in [0.05, 0.1) is 0 Å². The van der Waals surface area contributed by atoms with E-state index in [9.17, 15) is 0 Å². The average molecular weight is 209 g/mol. The van der Waals surface area contributed by atoms with Gasteiger partial charge in [-0.1, -0.05) is 0 Å². The molecule has 1 aliphatic carbocycles. The number of hydrogen-bond donors (Lipinski definition) is 1. The van der Waals surface area contributed by atoms with E-state index in [0.29, 0.717) is 6.04 Å². The first-order chi connectivity index (χ1) is 7.38. The highest BCUT2D eigenvalue weighted by Crippen LogP contribution is 2.22. The smallest absolute Gasteiger partial charge is 0.148 e. The highest BCUT2D eigenvalue weighted by molar-refractivity contribution is 5.34. The Morgan fingerprint density at radius 3 is 3.13 bits per heavy atom. The van der Waals surface area contributed by atoms with Gasteiger partial charge in [0.15, 0.2) is 0 Å². The van der Waals surface area contributed by atoms with Crippen LogP contribution in [0.1, 0.15) is 25.7 Å². The second-order valence-corrected chi connectivity index (χ2v) is 4.08. The molecule has 4 heteroatoms. The maximum absolute atomic E-state index is 5.00. The molecule has 1 heterocycles. The Morgan fingerprint density at radius 1 is 1.60 bits per heavy atom. The summed E-state index contributed by atoms with van der Waals surface area (Å²) in [6.45, 7) is 1.73. The van der Waals surface area contributed by atoms with Crippen molar-refractivity contribution in [2.24, 2.45) is 0 Å². The van der Waals surface area contributed by atoms with Crippen LogP contribution in [0, 0.1) is 0 Å². The lowest BCUT2D eigenvalue weighted by atomic mass is 9.93. The Hall–Kier alpha value is -1.03. The molecule has 0 saturated heterocycles. The zero-order valence-electron chi connectivity index (χ0n) is 9.28. The number of anilines is 1. The normalized spacial score (nSPS) is 16.3. The number of nitrogens with zero attached hydrogens (tertiary/aromatic N) is 2. The lowest BCUT2D eigenvalue weighted by Gasteiger charge is -2.26. The summed E-state index contributed by atoms with van der Waals surface area (Å²) in [5.41, 5.74) is 0. The molecule has 0 unspecified atom stereocenters. The molecule has 1 aliphatic rings. The van der Waals surface area contributed by atoms with Gasteiger partial charge in [-0.2, -0.15) is 5.10 Å². The van der Waals surface area contributed by atoms with Crippen LogP contribution >= 0.6 is 0 Å². The third-order valence-corrected chi connectivity index (χ3v) is 2.83. The van der Waals surface area contributed by atoms with Crippen LogP contribution in [0.2, 0.25) is 0 Å². The van der Waals surface area contributed by atoms with Crippen molar-refractivity contribution in [3.05, 3.63) is 12.3 Å². The zero-order valence-corrected chi connectivity index (χ0v) is 9.28. The number of methoxy groups -OCH3 is 1. The van der Waals surface area contributed by atoms with Crippen LogP contribution in [0.3, 0.4) is 0 Å². The molecule has 0 bridgehead atoms. The summed E-state index contributed by atoms with van der Waals surface area (Å²) in [7, 11) is 1.73. The molecule has 0 atom stereocenters. The van der Waals surface area contributed by atoms with E-state index in [1.807, 2.05) is 16.9 Å². The van der Waals surface area contributed by atoms with Gasteiger partial charge in [-0.05, 0) is 25.7 Å². The Kier molecular flexibility index (Phi) is 3.61. The van der Waals surface area contributed by atoms with Gasteiger partial charge in [-0.15, -0.1) is 0 Å². The van der Waals surface area contributed by atoms with Crippen LogP contribution in [0.5, 0.6) is 0 Å². The molecule has 0 aliphatic heterocycles. The third kappa shape index (κ3) is 2.96. The lowest BCUT2D eigenvalue weighted by molar-refractivity contribution is 0.189. The van der Waals surface area contributed by atoms with E-state index in [-0.39, 0.29) is 0 Å². The van der Waals surface area contributed by atoms with Crippen molar-refractivity contribution in [1.29, 1.82) is 0 Å². The fraction of sp³-hybridized carbons (Fsp3) is 0.727. The van der Waals surface area contributed by atoms with Gasteiger partial charge in [0.2, 0.25) is 0 Å². The summed E-state index contributed by atoms with van der Waals surface area (Å²) in [6.07, 6.45) is 6.97. The molecular weight excluding hydrogens is 190 g/mol. The second-order valence-electron chi connectivity index (χ2n) is 4.08. The highest BCUT2D eigenvalue weighted by atomic mass is 16.5. The molecule has 15 heavy (non-hydrogen) atoms. The van der Waals surface area contributed by atoms with Gasteiger partial charge >= 0.3 is 0 Å². The van der Waals surface area contributed by atoms with E-state index < -0.39 is 0 Å². The maximum atomic E-state index is 5.00. The molecule has 1 aromatic heterocycles. The quantitative estimate of drug-likeness (QED) is 0.727. The van der Waals surface area contributed by atoms with Crippen molar-refractivity contribution in [2.75, 3.05) is 19.0 Å². The van der Waals surface area contributed by atoms with Crippen LogP contribution < -0.4 is 5.32 Å². The average Bonchev–Trinajstić information content (AvgIpc) is 2.60. The number of aromatic nitrogens is 2. The van der Waals surface area contributed by atoms with Crippen LogP contribution in [-0.4, -0.2) is 29.5 Å². The first-order valence-electron chi connectivity index (χ1n) is 5.67. The topological polar surface area (TPSA) is 39.1 Å². The third-order valence-electron chi connectivity index (χ3n) is 2.83. The predicted molar refractivity (Wildman–Crippen MR) is 60.0 cm³/mol. The molecule has 0 radical (unpaired) electrons. The fourth-order valence-corrected chi connectivity index (χ4v) is 1.70. The van der Waals surface area contributed by atoms with Gasteiger partial charge < -0.3 is 10.1 Å². The molecule has 0 amide bonds. The van der Waals surface area contributed by atoms with E-state index in [2.05, 4.69) is 10.4 Å². The van der Waals surface area contributed by atoms with E-state index in [0.717, 1.165) is 25.4 Å². The number of rotatable bonds is 6. The molecule has 1 aromatic rings. The molecule has 0 aromatic carbocycles. The summed E-state index contributed by atoms with van der Waals surface area (Å²) >= 11 is 0. The summed E-state index contributed by atoms with van der Waals surface area (Å²) in [6, 6.07) is 2.71. The SMILES string of the molecule is COCCCn1ccc(NC2CCC2)n1. The first kappa shape index (κ1) is 10.5. The number of nitrogens with one attached hydrogen (secondary N) is 1. The number of aryl methyl sites for hydroxylation is 1. The van der Waals surface area contributed by atoms with E-state index in [4.69, 9.17) is 4.74 Å². The lowest BCUT2D eigenvalue weighted by Crippen LogP contribution is -2.27. The Bertz CT molecular complexity index is 294. The van der Waals surface area contributed by atoms with Gasteiger partial charge in [0, 0.05) is 38.6 Å². The van der Waals surface area contributed by atoms with E-state index >= 15 is 0 Å². The van der Waals surface area contributed by atoms with Crippen molar-refractivity contribution in [1.82, 2.24) is 9.78 Å². The minimum absolute atomic E-state index is 0.660. The number of ether oxygens (including phenoxy) is 1. The Morgan fingerprint density at radius 2 is 2.47 bits per heavy atom. The van der Waals surface area contributed by atoms with Crippen LogP contribution in [0.4, 0.5) is 5.82 Å². The Labute approximate surface area is 90.6 Å². The summed E-state index contributed by atoms with van der Waals surface area (Å²) in [5, 5.41) is 7.88. The van der Waals surface area contributed by atoms with Gasteiger partial charge in [0.1, 0.15) is 5.82 Å². The molecule has 84 valence electrons. The Balaban J connectivity index is 1.75. The second kappa shape index (κ2) is 5.16. The van der Waals surface area contributed by atoms with Crippen LogP contribution in [0.15, 0.2) is 12.3 Å². The molecule has 1 N–H and O–H groups in total. The van der Waals surface area contributed by atoms with Gasteiger partial charge in [-0.3, -0.25) is 4.68 Å². The summed E-state index contributed by atoms with van der Waals surface area (Å²) < 4.78 is 6.98. The highest BCUT2D eigenvalue weighted by Gasteiger charge is 2.17. The molecule has 0 spiro atoms. The van der Waals surface area contributed by atoms with Crippen molar-refractivity contribution < 1.29 is 4.74 Å². The van der Waals surface area contributed by atoms with E-state index in [1.54, 1.807) is 7.11 Å². The van der Waals surface area contributed by atoms with Crippen molar-refractivity contribution >= 4 is 5.82 Å². The summed E-state index contributed by atoms with van der Waals surface area (Å²) in [4.78, 5) is 0. The van der Waals surface area contributed by atoms with Crippen molar-refractivity contribution in [3.63, 3.8) is 0 Å². The van der Waals surface area contributed by atoms with Crippen LogP contribution in [-0.2, 0) is 11.3 Å². The van der Waals surface area contributed by atoms with E-state index in [1.165, 1.54) is 19.3 Å². The predicted octanol–water partition coefficient (Wildman–Crippen LogP) is 1.88. The van der Waals surface area contributed by atoms with Gasteiger partial charge in [0.25, 0.3) is 0 Å². The molecular formula is C11H19N3O.